The third-order valence-corrected chi connectivity index (χ3v) is 4.67. The van der Waals surface area contributed by atoms with Gasteiger partial charge in [0.15, 0.2) is 0 Å². The van der Waals surface area contributed by atoms with Gasteiger partial charge in [-0.3, -0.25) is 9.78 Å². The van der Waals surface area contributed by atoms with Crippen LogP contribution in [-0.2, 0) is 4.79 Å². The Morgan fingerprint density at radius 1 is 1.05 bits per heavy atom. The van der Waals surface area contributed by atoms with E-state index < -0.39 is 5.97 Å². The molecule has 0 radical (unpaired) electrons. The van der Waals surface area contributed by atoms with E-state index in [2.05, 4.69) is 4.98 Å². The highest BCUT2D eigenvalue weighted by Gasteiger charge is 2.26. The molecule has 1 aliphatic carbocycles. The number of pyridine rings is 1. The smallest absolute Gasteiger partial charge is 0.310 e. The second-order valence-electron chi connectivity index (χ2n) is 6.13. The van der Waals surface area contributed by atoms with Crippen molar-refractivity contribution in [1.82, 2.24) is 4.98 Å². The molecule has 0 amide bonds. The van der Waals surface area contributed by atoms with Gasteiger partial charge in [0.05, 0.1) is 5.92 Å². The Morgan fingerprint density at radius 3 is 2.23 bits per heavy atom. The normalized spacial score (nSPS) is 16.5. The number of benzene rings is 1. The SMILES string of the molecule is O=C(O)C(CC1CCCC1)c1ccc(-c2ccncc2)cc1. The van der Waals surface area contributed by atoms with Crippen molar-refractivity contribution in [1.29, 1.82) is 0 Å². The van der Waals surface area contributed by atoms with Crippen LogP contribution in [0.25, 0.3) is 11.1 Å². The zero-order valence-electron chi connectivity index (χ0n) is 12.6. The first-order valence-corrected chi connectivity index (χ1v) is 7.97. The summed E-state index contributed by atoms with van der Waals surface area (Å²) in [6.45, 7) is 0. The minimum atomic E-state index is -0.705. The minimum absolute atomic E-state index is 0.380. The first kappa shape index (κ1) is 14.8. The van der Waals surface area contributed by atoms with Crippen molar-refractivity contribution in [3.05, 3.63) is 54.4 Å². The van der Waals surface area contributed by atoms with Gasteiger partial charge in [0, 0.05) is 12.4 Å². The lowest BCUT2D eigenvalue weighted by molar-refractivity contribution is -0.139. The van der Waals surface area contributed by atoms with E-state index in [4.69, 9.17) is 0 Å². The number of aromatic nitrogens is 1. The maximum Gasteiger partial charge on any atom is 0.310 e. The Morgan fingerprint density at radius 2 is 1.64 bits per heavy atom. The highest BCUT2D eigenvalue weighted by molar-refractivity contribution is 5.76. The van der Waals surface area contributed by atoms with Gasteiger partial charge >= 0.3 is 5.97 Å². The molecule has 3 nitrogen and oxygen atoms in total. The molecule has 0 saturated heterocycles. The Balaban J connectivity index is 1.78. The molecule has 3 heteroatoms. The fourth-order valence-electron chi connectivity index (χ4n) is 3.41. The zero-order chi connectivity index (χ0) is 15.4. The molecule has 114 valence electrons. The summed E-state index contributed by atoms with van der Waals surface area (Å²) in [6, 6.07) is 11.9. The van der Waals surface area contributed by atoms with Gasteiger partial charge in [-0.05, 0) is 41.2 Å². The molecule has 1 aromatic carbocycles. The van der Waals surface area contributed by atoms with Gasteiger partial charge in [-0.25, -0.2) is 0 Å². The lowest BCUT2D eigenvalue weighted by Crippen LogP contribution is -2.15. The highest BCUT2D eigenvalue weighted by Crippen LogP contribution is 2.34. The maximum absolute atomic E-state index is 11.6. The van der Waals surface area contributed by atoms with Crippen molar-refractivity contribution in [2.45, 2.75) is 38.0 Å². The van der Waals surface area contributed by atoms with Crippen molar-refractivity contribution >= 4 is 5.97 Å². The summed E-state index contributed by atoms with van der Waals surface area (Å²) < 4.78 is 0. The van der Waals surface area contributed by atoms with Gasteiger partial charge in [-0.15, -0.1) is 0 Å². The minimum Gasteiger partial charge on any atom is -0.481 e. The van der Waals surface area contributed by atoms with Crippen LogP contribution in [0.1, 0.15) is 43.6 Å². The predicted octanol–water partition coefficient (Wildman–Crippen LogP) is 4.50. The summed E-state index contributed by atoms with van der Waals surface area (Å²) in [5, 5.41) is 9.57. The van der Waals surface area contributed by atoms with Crippen LogP contribution in [0.15, 0.2) is 48.8 Å². The van der Waals surface area contributed by atoms with E-state index in [9.17, 15) is 9.90 Å². The molecule has 22 heavy (non-hydrogen) atoms. The summed E-state index contributed by atoms with van der Waals surface area (Å²) in [4.78, 5) is 15.7. The molecule has 1 atom stereocenters. The average Bonchev–Trinajstić information content (AvgIpc) is 3.07. The van der Waals surface area contributed by atoms with Crippen LogP contribution >= 0.6 is 0 Å². The van der Waals surface area contributed by atoms with Gasteiger partial charge in [-0.1, -0.05) is 49.9 Å². The molecule has 1 saturated carbocycles. The van der Waals surface area contributed by atoms with E-state index in [1.54, 1.807) is 12.4 Å². The van der Waals surface area contributed by atoms with E-state index in [1.165, 1.54) is 25.7 Å². The molecule has 0 aliphatic heterocycles. The fraction of sp³-hybridized carbons (Fsp3) is 0.368. The van der Waals surface area contributed by atoms with Crippen LogP contribution in [0.3, 0.4) is 0 Å². The first-order chi connectivity index (χ1) is 10.7. The number of carbonyl (C=O) groups is 1. The number of carboxylic acids is 1. The van der Waals surface area contributed by atoms with Crippen LogP contribution in [0, 0.1) is 5.92 Å². The van der Waals surface area contributed by atoms with E-state index in [0.717, 1.165) is 23.1 Å². The Hall–Kier alpha value is -2.16. The van der Waals surface area contributed by atoms with E-state index in [-0.39, 0.29) is 5.92 Å². The van der Waals surface area contributed by atoms with Crippen LogP contribution < -0.4 is 0 Å². The molecule has 0 spiro atoms. The van der Waals surface area contributed by atoms with Gasteiger partial charge in [-0.2, -0.15) is 0 Å². The number of hydrogen-bond donors (Lipinski definition) is 1. The Kier molecular flexibility index (Phi) is 4.52. The Bertz CT molecular complexity index is 616. The van der Waals surface area contributed by atoms with Crippen molar-refractivity contribution in [2.75, 3.05) is 0 Å². The second kappa shape index (κ2) is 6.73. The third-order valence-electron chi connectivity index (χ3n) is 4.67. The molecular weight excluding hydrogens is 274 g/mol. The molecule has 3 rings (SSSR count). The lowest BCUT2D eigenvalue weighted by Gasteiger charge is -2.17. The summed E-state index contributed by atoms with van der Waals surface area (Å²) >= 11 is 0. The largest absolute Gasteiger partial charge is 0.481 e. The van der Waals surface area contributed by atoms with Crippen molar-refractivity contribution in [3.63, 3.8) is 0 Å². The quantitative estimate of drug-likeness (QED) is 0.883. The predicted molar refractivity (Wildman–Crippen MR) is 86.6 cm³/mol. The number of hydrogen-bond acceptors (Lipinski definition) is 2. The number of aliphatic carboxylic acids is 1. The van der Waals surface area contributed by atoms with E-state index >= 15 is 0 Å². The maximum atomic E-state index is 11.6. The summed E-state index contributed by atoms with van der Waals surface area (Å²) in [5.74, 6) is -0.515. The topological polar surface area (TPSA) is 50.2 Å². The molecule has 1 aliphatic rings. The van der Waals surface area contributed by atoms with E-state index in [0.29, 0.717) is 5.92 Å². The van der Waals surface area contributed by atoms with Gasteiger partial charge in [0.25, 0.3) is 0 Å². The average molecular weight is 295 g/mol. The molecule has 1 heterocycles. The monoisotopic (exact) mass is 295 g/mol. The Labute approximate surface area is 131 Å². The molecule has 1 fully saturated rings. The summed E-state index contributed by atoms with van der Waals surface area (Å²) in [6.07, 6.45) is 9.16. The van der Waals surface area contributed by atoms with Crippen LogP contribution in [0.2, 0.25) is 0 Å². The molecule has 1 N–H and O–H groups in total. The van der Waals surface area contributed by atoms with Crippen molar-refractivity contribution in [2.24, 2.45) is 5.92 Å². The summed E-state index contributed by atoms with van der Waals surface area (Å²) in [5.41, 5.74) is 3.11. The standard InChI is InChI=1S/C19H21NO2/c21-19(22)18(13-14-3-1-2-4-14)17-7-5-15(6-8-17)16-9-11-20-12-10-16/h5-12,14,18H,1-4,13H2,(H,21,22). The lowest BCUT2D eigenvalue weighted by atomic mass is 9.87. The molecular formula is C19H21NO2. The van der Waals surface area contributed by atoms with Crippen molar-refractivity contribution < 1.29 is 9.90 Å². The molecule has 1 aromatic heterocycles. The van der Waals surface area contributed by atoms with Crippen LogP contribution in [0.4, 0.5) is 0 Å². The molecule has 2 aromatic rings. The fourth-order valence-corrected chi connectivity index (χ4v) is 3.41. The summed E-state index contributed by atoms with van der Waals surface area (Å²) in [7, 11) is 0. The number of nitrogens with zero attached hydrogens (tertiary/aromatic N) is 1. The van der Waals surface area contributed by atoms with Crippen LogP contribution in [0.5, 0.6) is 0 Å². The van der Waals surface area contributed by atoms with E-state index in [1.807, 2.05) is 36.4 Å². The van der Waals surface area contributed by atoms with Crippen molar-refractivity contribution in [3.8, 4) is 11.1 Å². The number of rotatable bonds is 5. The second-order valence-corrected chi connectivity index (χ2v) is 6.13. The first-order valence-electron chi connectivity index (χ1n) is 7.97. The van der Waals surface area contributed by atoms with Crippen LogP contribution in [-0.4, -0.2) is 16.1 Å². The third kappa shape index (κ3) is 3.35. The molecule has 0 bridgehead atoms. The highest BCUT2D eigenvalue weighted by atomic mass is 16.4. The number of carboxylic acid groups (broad SMARTS) is 1. The zero-order valence-corrected chi connectivity index (χ0v) is 12.6. The molecule has 1 unspecified atom stereocenters. The van der Waals surface area contributed by atoms with Gasteiger partial charge in [0.2, 0.25) is 0 Å². The van der Waals surface area contributed by atoms with Gasteiger partial charge < -0.3 is 5.11 Å². The van der Waals surface area contributed by atoms with Gasteiger partial charge in [0.1, 0.15) is 0 Å².